The van der Waals surface area contributed by atoms with Gasteiger partial charge in [-0.15, -0.1) is 0 Å². The maximum Gasteiger partial charge on any atom is 0.125 e. The molecule has 1 saturated heterocycles. The Hall–Kier alpha value is -0.960. The van der Waals surface area contributed by atoms with Crippen LogP contribution in [0.2, 0.25) is 0 Å². The molecule has 76 valence electrons. The van der Waals surface area contributed by atoms with Gasteiger partial charge in [-0.2, -0.15) is 0 Å². The molecule has 1 aliphatic rings. The molecule has 0 atom stereocenters. The molecule has 0 spiro atoms. The predicted molar refractivity (Wildman–Crippen MR) is 56.2 cm³/mol. The topological polar surface area (TPSA) is 37.8 Å². The Labute approximate surface area is 85.0 Å². The summed E-state index contributed by atoms with van der Waals surface area (Å²) in [6, 6.07) is 2.05. The fourth-order valence-corrected chi connectivity index (χ4v) is 2.03. The Kier molecular flexibility index (Phi) is 2.50. The minimum atomic E-state index is 0.249. The summed E-state index contributed by atoms with van der Waals surface area (Å²) in [5.74, 6) is 0.877. The molecule has 3 heteroatoms. The summed E-state index contributed by atoms with van der Waals surface area (Å²) in [6.07, 6.45) is 4.21. The van der Waals surface area contributed by atoms with Crippen molar-refractivity contribution in [1.82, 2.24) is 15.3 Å². The van der Waals surface area contributed by atoms with E-state index < -0.39 is 0 Å². The molecule has 1 fully saturated rings. The van der Waals surface area contributed by atoms with Crippen molar-refractivity contribution in [3.63, 3.8) is 0 Å². The zero-order chi connectivity index (χ0) is 10.0. The van der Waals surface area contributed by atoms with Crippen LogP contribution in [0.25, 0.3) is 0 Å². The number of hydrogen-bond acceptors (Lipinski definition) is 3. The third-order valence-electron chi connectivity index (χ3n) is 3.10. The first-order valence-electron chi connectivity index (χ1n) is 5.22. The lowest BCUT2D eigenvalue weighted by Gasteiger charge is -2.33. The highest BCUT2D eigenvalue weighted by Crippen LogP contribution is 2.30. The van der Waals surface area contributed by atoms with Crippen molar-refractivity contribution in [3.05, 3.63) is 23.8 Å². The molecule has 0 aliphatic carbocycles. The van der Waals surface area contributed by atoms with Crippen molar-refractivity contribution < 1.29 is 0 Å². The van der Waals surface area contributed by atoms with E-state index in [1.165, 1.54) is 18.5 Å². The van der Waals surface area contributed by atoms with Gasteiger partial charge in [0.1, 0.15) is 5.82 Å². The number of aromatic nitrogens is 2. The number of nitrogens with zero attached hydrogens (tertiary/aromatic N) is 2. The lowest BCUT2D eigenvalue weighted by molar-refractivity contribution is 0.326. The lowest BCUT2D eigenvalue weighted by atomic mass is 9.78. The average Bonchev–Trinajstić information content (AvgIpc) is 2.19. The first-order valence-corrected chi connectivity index (χ1v) is 5.22. The maximum atomic E-state index is 4.53. The predicted octanol–water partition coefficient (Wildman–Crippen LogP) is 1.43. The van der Waals surface area contributed by atoms with Crippen LogP contribution in [0.5, 0.6) is 0 Å². The van der Waals surface area contributed by atoms with E-state index >= 15 is 0 Å². The van der Waals surface area contributed by atoms with Crippen molar-refractivity contribution in [3.8, 4) is 0 Å². The summed E-state index contributed by atoms with van der Waals surface area (Å²) in [5.41, 5.74) is 1.45. The number of hydrogen-bond donors (Lipinski definition) is 1. The van der Waals surface area contributed by atoms with Gasteiger partial charge in [0.2, 0.25) is 0 Å². The van der Waals surface area contributed by atoms with Crippen LogP contribution < -0.4 is 5.32 Å². The Bertz CT molecular complexity index is 316. The maximum absolute atomic E-state index is 4.53. The van der Waals surface area contributed by atoms with Gasteiger partial charge in [0.25, 0.3) is 0 Å². The minimum absolute atomic E-state index is 0.249. The van der Waals surface area contributed by atoms with E-state index in [0.29, 0.717) is 0 Å². The normalized spacial score (nSPS) is 20.7. The van der Waals surface area contributed by atoms with Crippen LogP contribution in [-0.4, -0.2) is 23.1 Å². The van der Waals surface area contributed by atoms with Crippen LogP contribution in [0.1, 0.15) is 31.3 Å². The van der Waals surface area contributed by atoms with Crippen molar-refractivity contribution in [2.24, 2.45) is 0 Å². The highest BCUT2D eigenvalue weighted by molar-refractivity contribution is 5.16. The van der Waals surface area contributed by atoms with Gasteiger partial charge in [-0.1, -0.05) is 6.92 Å². The van der Waals surface area contributed by atoms with Crippen LogP contribution >= 0.6 is 0 Å². The minimum Gasteiger partial charge on any atom is -0.317 e. The molecule has 0 saturated carbocycles. The zero-order valence-corrected chi connectivity index (χ0v) is 8.88. The molecule has 0 amide bonds. The van der Waals surface area contributed by atoms with Crippen LogP contribution in [0.15, 0.2) is 12.3 Å². The first-order chi connectivity index (χ1) is 6.71. The van der Waals surface area contributed by atoms with Gasteiger partial charge in [-0.05, 0) is 38.9 Å². The van der Waals surface area contributed by atoms with E-state index in [-0.39, 0.29) is 5.41 Å². The molecular formula is C11H17N3. The fourth-order valence-electron chi connectivity index (χ4n) is 2.03. The van der Waals surface area contributed by atoms with E-state index in [9.17, 15) is 0 Å². The van der Waals surface area contributed by atoms with Crippen molar-refractivity contribution in [1.29, 1.82) is 0 Å². The van der Waals surface area contributed by atoms with E-state index in [1.807, 2.05) is 13.1 Å². The molecule has 0 unspecified atom stereocenters. The van der Waals surface area contributed by atoms with Crippen LogP contribution in [-0.2, 0) is 5.41 Å². The van der Waals surface area contributed by atoms with Gasteiger partial charge in [0, 0.05) is 11.6 Å². The second-order valence-corrected chi connectivity index (χ2v) is 4.30. The van der Waals surface area contributed by atoms with Gasteiger partial charge in [-0.25, -0.2) is 9.97 Å². The summed E-state index contributed by atoms with van der Waals surface area (Å²) in [5, 5.41) is 3.38. The summed E-state index contributed by atoms with van der Waals surface area (Å²) >= 11 is 0. The van der Waals surface area contributed by atoms with Gasteiger partial charge < -0.3 is 5.32 Å². The van der Waals surface area contributed by atoms with Gasteiger partial charge >= 0.3 is 0 Å². The molecule has 0 bridgehead atoms. The number of nitrogens with one attached hydrogen (secondary N) is 1. The molecule has 1 N–H and O–H groups in total. The monoisotopic (exact) mass is 191 g/mol. The summed E-state index contributed by atoms with van der Waals surface area (Å²) in [6.45, 7) is 6.45. The molecular weight excluding hydrogens is 174 g/mol. The molecule has 1 aromatic rings. The third kappa shape index (κ3) is 1.77. The Balaban J connectivity index is 2.28. The van der Waals surface area contributed by atoms with E-state index in [4.69, 9.17) is 0 Å². The van der Waals surface area contributed by atoms with Crippen molar-refractivity contribution in [2.75, 3.05) is 13.1 Å². The van der Waals surface area contributed by atoms with Crippen molar-refractivity contribution >= 4 is 0 Å². The molecule has 2 heterocycles. The van der Waals surface area contributed by atoms with Gasteiger partial charge in [0.05, 0.1) is 5.69 Å². The number of rotatable bonds is 1. The highest BCUT2D eigenvalue weighted by atomic mass is 14.9. The van der Waals surface area contributed by atoms with Crippen LogP contribution in [0.3, 0.4) is 0 Å². The van der Waals surface area contributed by atoms with Gasteiger partial charge in [0.15, 0.2) is 0 Å². The van der Waals surface area contributed by atoms with E-state index in [0.717, 1.165) is 18.9 Å². The lowest BCUT2D eigenvalue weighted by Crippen LogP contribution is -2.38. The second-order valence-electron chi connectivity index (χ2n) is 4.30. The fraction of sp³-hybridized carbons (Fsp3) is 0.636. The SMILES string of the molecule is Cc1nccc(C2(C)CCNCC2)n1. The zero-order valence-electron chi connectivity index (χ0n) is 8.88. The van der Waals surface area contributed by atoms with Crippen LogP contribution in [0, 0.1) is 6.92 Å². The Morgan fingerprint density at radius 3 is 2.71 bits per heavy atom. The van der Waals surface area contributed by atoms with E-state index in [1.54, 1.807) is 0 Å². The Morgan fingerprint density at radius 2 is 2.07 bits per heavy atom. The first kappa shape index (κ1) is 9.59. The summed E-state index contributed by atoms with van der Waals surface area (Å²) in [4.78, 5) is 8.67. The van der Waals surface area contributed by atoms with Gasteiger partial charge in [-0.3, -0.25) is 0 Å². The average molecular weight is 191 g/mol. The molecule has 3 nitrogen and oxygen atoms in total. The Morgan fingerprint density at radius 1 is 1.36 bits per heavy atom. The summed E-state index contributed by atoms with van der Waals surface area (Å²) in [7, 11) is 0. The molecule has 1 aromatic heterocycles. The summed E-state index contributed by atoms with van der Waals surface area (Å²) < 4.78 is 0. The third-order valence-corrected chi connectivity index (χ3v) is 3.10. The largest absolute Gasteiger partial charge is 0.317 e. The molecule has 1 aliphatic heterocycles. The van der Waals surface area contributed by atoms with E-state index in [2.05, 4.69) is 28.3 Å². The molecule has 2 rings (SSSR count). The molecule has 0 aromatic carbocycles. The second kappa shape index (κ2) is 3.65. The highest BCUT2D eigenvalue weighted by Gasteiger charge is 2.29. The number of piperidine rings is 1. The smallest absolute Gasteiger partial charge is 0.125 e. The standard InChI is InChI=1S/C11H17N3/c1-9-13-6-3-10(14-9)11(2)4-7-12-8-5-11/h3,6,12H,4-5,7-8H2,1-2H3. The molecule has 0 radical (unpaired) electrons. The quantitative estimate of drug-likeness (QED) is 0.729. The van der Waals surface area contributed by atoms with Crippen molar-refractivity contribution in [2.45, 2.75) is 32.1 Å². The molecule has 14 heavy (non-hydrogen) atoms. The number of aryl methyl sites for hydroxylation is 1. The van der Waals surface area contributed by atoms with Crippen LogP contribution in [0.4, 0.5) is 0 Å².